The second-order valence-electron chi connectivity index (χ2n) is 6.39. The lowest BCUT2D eigenvalue weighted by Gasteiger charge is -2.18. The molecule has 1 aliphatic rings. The van der Waals surface area contributed by atoms with Crippen LogP contribution in [0.4, 0.5) is 5.69 Å². The zero-order valence-electron chi connectivity index (χ0n) is 14.0. The number of amides is 1. The molecule has 2 unspecified atom stereocenters. The van der Waals surface area contributed by atoms with Gasteiger partial charge in [0.25, 0.3) is 0 Å². The van der Waals surface area contributed by atoms with Crippen molar-refractivity contribution in [1.29, 1.82) is 0 Å². The molecule has 0 bridgehead atoms. The Balaban J connectivity index is 1.73. The van der Waals surface area contributed by atoms with Crippen LogP contribution in [0.5, 0.6) is 0 Å². The van der Waals surface area contributed by atoms with E-state index in [0.29, 0.717) is 24.4 Å². The average Bonchev–Trinajstić information content (AvgIpc) is 2.82. The fourth-order valence-corrected chi connectivity index (χ4v) is 2.80. The number of hydrogen-bond donors (Lipinski definition) is 3. The number of aryl methyl sites for hydroxylation is 1. The minimum absolute atomic E-state index is 0.128. The predicted molar refractivity (Wildman–Crippen MR) is 90.8 cm³/mol. The Kier molecular flexibility index (Phi) is 5.80. The molecule has 0 aromatic heterocycles. The monoisotopic (exact) mass is 304 g/mol. The van der Waals surface area contributed by atoms with Crippen LogP contribution in [0.15, 0.2) is 24.3 Å². The van der Waals surface area contributed by atoms with Crippen LogP contribution in [0.25, 0.3) is 0 Å². The normalized spacial score (nSPS) is 24.3. The van der Waals surface area contributed by atoms with Gasteiger partial charge in [0.1, 0.15) is 0 Å². The number of carbonyl (C=O) groups excluding carboxylic acids is 1. The van der Waals surface area contributed by atoms with Crippen LogP contribution in [0.3, 0.4) is 0 Å². The first-order chi connectivity index (χ1) is 10.5. The topological polar surface area (TPSA) is 56.4 Å². The molecule has 3 N–H and O–H groups in total. The van der Waals surface area contributed by atoms with E-state index in [1.807, 2.05) is 14.1 Å². The smallest absolute Gasteiger partial charge is 0.220 e. The fourth-order valence-electron chi connectivity index (χ4n) is 2.80. The lowest BCUT2D eigenvalue weighted by molar-refractivity contribution is -0.121. The van der Waals surface area contributed by atoms with Crippen molar-refractivity contribution >= 4 is 11.6 Å². The molecule has 2 rings (SSSR count). The highest BCUT2D eigenvalue weighted by Gasteiger charge is 2.29. The van der Waals surface area contributed by atoms with Crippen molar-refractivity contribution in [3.05, 3.63) is 29.8 Å². The summed E-state index contributed by atoms with van der Waals surface area (Å²) in [6.45, 7) is 5.00. The van der Waals surface area contributed by atoms with Gasteiger partial charge < -0.3 is 10.2 Å². The van der Waals surface area contributed by atoms with Crippen molar-refractivity contribution in [3.8, 4) is 0 Å². The van der Waals surface area contributed by atoms with Gasteiger partial charge in [0, 0.05) is 50.7 Å². The SMILES string of the molecule is CC1NNC(C)C1CNC(=O)CCc1ccc(N(C)C)cc1. The van der Waals surface area contributed by atoms with Gasteiger partial charge in [-0.2, -0.15) is 0 Å². The zero-order chi connectivity index (χ0) is 16.1. The van der Waals surface area contributed by atoms with Gasteiger partial charge in [0.05, 0.1) is 0 Å². The van der Waals surface area contributed by atoms with Crippen LogP contribution in [-0.4, -0.2) is 38.6 Å². The van der Waals surface area contributed by atoms with Crippen molar-refractivity contribution in [2.24, 2.45) is 5.92 Å². The molecule has 1 fully saturated rings. The Morgan fingerprint density at radius 3 is 2.27 bits per heavy atom. The fraction of sp³-hybridized carbons (Fsp3) is 0.588. The molecule has 1 amide bonds. The van der Waals surface area contributed by atoms with Crippen LogP contribution in [0.1, 0.15) is 25.8 Å². The molecule has 0 aliphatic carbocycles. The summed E-state index contributed by atoms with van der Waals surface area (Å²) in [7, 11) is 4.05. The van der Waals surface area contributed by atoms with Crippen LogP contribution in [0, 0.1) is 5.92 Å². The van der Waals surface area contributed by atoms with Gasteiger partial charge in [0.15, 0.2) is 0 Å². The molecule has 0 saturated carbocycles. The van der Waals surface area contributed by atoms with Crippen LogP contribution >= 0.6 is 0 Å². The van der Waals surface area contributed by atoms with Crippen LogP contribution in [0.2, 0.25) is 0 Å². The number of hydrazine groups is 1. The van der Waals surface area contributed by atoms with E-state index in [2.05, 4.69) is 59.2 Å². The summed E-state index contributed by atoms with van der Waals surface area (Å²) in [5.41, 5.74) is 8.80. The van der Waals surface area contributed by atoms with Crippen molar-refractivity contribution in [2.45, 2.75) is 38.8 Å². The van der Waals surface area contributed by atoms with Gasteiger partial charge in [-0.1, -0.05) is 12.1 Å². The highest BCUT2D eigenvalue weighted by Crippen LogP contribution is 2.14. The third kappa shape index (κ3) is 4.45. The van der Waals surface area contributed by atoms with Gasteiger partial charge in [-0.25, -0.2) is 0 Å². The second kappa shape index (κ2) is 7.61. The first-order valence-electron chi connectivity index (χ1n) is 8.01. The minimum atomic E-state index is 0.128. The number of anilines is 1. The molecular formula is C17H28N4O. The maximum absolute atomic E-state index is 12.0. The van der Waals surface area contributed by atoms with Crippen molar-refractivity contribution < 1.29 is 4.79 Å². The molecule has 2 atom stereocenters. The van der Waals surface area contributed by atoms with E-state index in [0.717, 1.165) is 13.0 Å². The van der Waals surface area contributed by atoms with Crippen LogP contribution in [-0.2, 0) is 11.2 Å². The maximum Gasteiger partial charge on any atom is 0.220 e. The molecule has 1 heterocycles. The molecule has 1 aliphatic heterocycles. The Hall–Kier alpha value is -1.59. The molecule has 1 aromatic rings. The van der Waals surface area contributed by atoms with E-state index < -0.39 is 0 Å². The van der Waals surface area contributed by atoms with Gasteiger partial charge in [0.2, 0.25) is 5.91 Å². The number of benzene rings is 1. The summed E-state index contributed by atoms with van der Waals surface area (Å²) in [4.78, 5) is 14.1. The third-order valence-corrected chi connectivity index (χ3v) is 4.45. The van der Waals surface area contributed by atoms with Crippen molar-refractivity contribution in [2.75, 3.05) is 25.5 Å². The van der Waals surface area contributed by atoms with Gasteiger partial charge in [-0.05, 0) is 38.0 Å². The van der Waals surface area contributed by atoms with E-state index in [4.69, 9.17) is 0 Å². The summed E-state index contributed by atoms with van der Waals surface area (Å²) >= 11 is 0. The number of hydrogen-bond acceptors (Lipinski definition) is 4. The predicted octanol–water partition coefficient (Wildman–Crippen LogP) is 1.30. The largest absolute Gasteiger partial charge is 0.378 e. The molecule has 5 nitrogen and oxygen atoms in total. The Morgan fingerprint density at radius 2 is 1.73 bits per heavy atom. The second-order valence-corrected chi connectivity index (χ2v) is 6.39. The highest BCUT2D eigenvalue weighted by molar-refractivity contribution is 5.76. The van der Waals surface area contributed by atoms with Crippen molar-refractivity contribution in [3.63, 3.8) is 0 Å². The van der Waals surface area contributed by atoms with Crippen molar-refractivity contribution in [1.82, 2.24) is 16.2 Å². The van der Waals surface area contributed by atoms with Crippen LogP contribution < -0.4 is 21.1 Å². The quantitative estimate of drug-likeness (QED) is 0.741. The Labute approximate surface area is 133 Å². The van der Waals surface area contributed by atoms with Gasteiger partial charge in [-0.15, -0.1) is 0 Å². The zero-order valence-corrected chi connectivity index (χ0v) is 14.0. The molecule has 1 aromatic carbocycles. The molecule has 0 radical (unpaired) electrons. The lowest BCUT2D eigenvalue weighted by Crippen LogP contribution is -2.37. The lowest BCUT2D eigenvalue weighted by atomic mass is 9.96. The number of nitrogens with one attached hydrogen (secondary N) is 3. The van der Waals surface area contributed by atoms with E-state index in [-0.39, 0.29) is 5.91 Å². The summed E-state index contributed by atoms with van der Waals surface area (Å²) in [5, 5.41) is 3.06. The molecule has 1 saturated heterocycles. The number of carbonyl (C=O) groups is 1. The summed E-state index contributed by atoms with van der Waals surface area (Å²) < 4.78 is 0. The highest BCUT2D eigenvalue weighted by atomic mass is 16.1. The first-order valence-corrected chi connectivity index (χ1v) is 8.01. The Morgan fingerprint density at radius 1 is 1.14 bits per heavy atom. The van der Waals surface area contributed by atoms with E-state index >= 15 is 0 Å². The number of nitrogens with zero attached hydrogens (tertiary/aromatic N) is 1. The van der Waals surface area contributed by atoms with Gasteiger partial charge >= 0.3 is 0 Å². The molecular weight excluding hydrogens is 276 g/mol. The molecule has 5 heteroatoms. The first kappa shape index (κ1) is 16.8. The third-order valence-electron chi connectivity index (χ3n) is 4.45. The van der Waals surface area contributed by atoms with E-state index in [1.54, 1.807) is 0 Å². The summed E-state index contributed by atoms with van der Waals surface area (Å²) in [6, 6.07) is 9.14. The number of rotatable bonds is 6. The minimum Gasteiger partial charge on any atom is -0.378 e. The summed E-state index contributed by atoms with van der Waals surface area (Å²) in [5.74, 6) is 0.561. The van der Waals surface area contributed by atoms with Gasteiger partial charge in [-0.3, -0.25) is 15.6 Å². The molecule has 0 spiro atoms. The van der Waals surface area contributed by atoms with E-state index in [9.17, 15) is 4.79 Å². The maximum atomic E-state index is 12.0. The summed E-state index contributed by atoms with van der Waals surface area (Å²) in [6.07, 6.45) is 1.32. The standard InChI is InChI=1S/C17H28N4O/c1-12-16(13(2)20-19-12)11-18-17(22)10-7-14-5-8-15(9-6-14)21(3)4/h5-6,8-9,12-13,16,19-20H,7,10-11H2,1-4H3,(H,18,22). The Bertz CT molecular complexity index is 476. The molecule has 122 valence electrons. The average molecular weight is 304 g/mol. The van der Waals surface area contributed by atoms with E-state index in [1.165, 1.54) is 11.3 Å². The molecule has 22 heavy (non-hydrogen) atoms.